The maximum Gasteiger partial charge on any atom is 0.257 e. The second-order valence-electron chi connectivity index (χ2n) is 6.21. The number of aryl methyl sites for hydroxylation is 1. The van der Waals surface area contributed by atoms with Crippen LogP contribution in [0.25, 0.3) is 0 Å². The van der Waals surface area contributed by atoms with Gasteiger partial charge in [-0.2, -0.15) is 0 Å². The fraction of sp³-hybridized carbons (Fsp3) is 0.158. The molecule has 3 N–H and O–H groups in total. The summed E-state index contributed by atoms with van der Waals surface area (Å²) in [6, 6.07) is 12.9. The zero-order chi connectivity index (χ0) is 19.6. The van der Waals surface area contributed by atoms with Gasteiger partial charge in [-0.25, -0.2) is 18.5 Å². The number of nitrogens with zero attached hydrogens (tertiary/aromatic N) is 1. The van der Waals surface area contributed by atoms with Crippen molar-refractivity contribution in [3.05, 3.63) is 75.8 Å². The molecule has 6 nitrogen and oxygen atoms in total. The number of anilines is 1. The number of benzene rings is 2. The minimum atomic E-state index is -3.91. The molecule has 0 unspecified atom stereocenters. The van der Waals surface area contributed by atoms with E-state index in [1.165, 1.54) is 17.4 Å². The summed E-state index contributed by atoms with van der Waals surface area (Å²) in [6.45, 7) is 3.40. The fourth-order valence-corrected chi connectivity index (χ4v) is 4.39. The highest BCUT2D eigenvalue weighted by molar-refractivity contribution is 7.89. The van der Waals surface area contributed by atoms with Crippen molar-refractivity contribution in [3.8, 4) is 0 Å². The number of carbonyl (C=O) groups is 1. The van der Waals surface area contributed by atoms with E-state index in [0.717, 1.165) is 16.9 Å². The predicted octanol–water partition coefficient (Wildman–Crippen LogP) is 3.25. The number of hydrogen-bond donors (Lipinski definition) is 2. The molecule has 1 heterocycles. The molecule has 0 aliphatic carbocycles. The zero-order valence-electron chi connectivity index (χ0n) is 14.9. The van der Waals surface area contributed by atoms with Crippen LogP contribution in [0.4, 0.5) is 5.13 Å². The molecule has 0 bridgehead atoms. The van der Waals surface area contributed by atoms with Crippen molar-refractivity contribution in [1.82, 2.24) is 4.98 Å². The Morgan fingerprint density at radius 1 is 1.19 bits per heavy atom. The van der Waals surface area contributed by atoms with Gasteiger partial charge in [0, 0.05) is 23.1 Å². The van der Waals surface area contributed by atoms with Gasteiger partial charge < -0.3 is 0 Å². The number of hydrogen-bond acceptors (Lipinski definition) is 5. The number of nitrogens with two attached hydrogens (primary N) is 1. The second-order valence-corrected chi connectivity index (χ2v) is 8.85. The summed E-state index contributed by atoms with van der Waals surface area (Å²) in [6.07, 6.45) is 2.46. The molecule has 0 saturated heterocycles. The summed E-state index contributed by atoms with van der Waals surface area (Å²) in [5, 5.41) is 8.44. The molecule has 1 amide bonds. The average Bonchev–Trinajstić information content (AvgIpc) is 3.03. The number of rotatable bonds is 5. The van der Waals surface area contributed by atoms with Crippen LogP contribution in [0.5, 0.6) is 0 Å². The number of nitrogens with one attached hydrogen (secondary N) is 1. The Kier molecular flexibility index (Phi) is 5.41. The smallest absolute Gasteiger partial charge is 0.257 e. The molecule has 1 aromatic heterocycles. The van der Waals surface area contributed by atoms with Crippen molar-refractivity contribution >= 4 is 32.4 Å². The molecule has 0 fully saturated rings. The lowest BCUT2D eigenvalue weighted by Crippen LogP contribution is -2.17. The van der Waals surface area contributed by atoms with Crippen LogP contribution < -0.4 is 10.5 Å². The standard InChI is InChI=1S/C19H19N3O3S2/c1-12-8-15(10-17(13(12)2)27(20,24)25)18(23)22-19-21-11-16(26-19)9-14-6-4-3-5-7-14/h3-8,10-11H,9H2,1-2H3,(H2,20,24,25)(H,21,22,23). The number of aromatic nitrogens is 1. The first-order chi connectivity index (χ1) is 12.7. The van der Waals surface area contributed by atoms with E-state index in [2.05, 4.69) is 10.3 Å². The molecule has 2 aromatic carbocycles. The van der Waals surface area contributed by atoms with E-state index in [0.29, 0.717) is 16.3 Å². The number of thiazole rings is 1. The highest BCUT2D eigenvalue weighted by Crippen LogP contribution is 2.24. The lowest BCUT2D eigenvalue weighted by molar-refractivity contribution is 0.102. The topological polar surface area (TPSA) is 102 Å². The monoisotopic (exact) mass is 401 g/mol. The SMILES string of the molecule is Cc1cc(C(=O)Nc2ncc(Cc3ccccc3)s2)cc(S(N)(=O)=O)c1C. The van der Waals surface area contributed by atoms with Crippen molar-refractivity contribution in [3.63, 3.8) is 0 Å². The maximum atomic E-state index is 12.5. The Labute approximate surface area is 162 Å². The lowest BCUT2D eigenvalue weighted by Gasteiger charge is -2.10. The van der Waals surface area contributed by atoms with E-state index < -0.39 is 15.9 Å². The molecule has 0 saturated carbocycles. The molecule has 27 heavy (non-hydrogen) atoms. The van der Waals surface area contributed by atoms with Crippen molar-refractivity contribution in [2.45, 2.75) is 25.2 Å². The second kappa shape index (κ2) is 7.59. The maximum absolute atomic E-state index is 12.5. The molecule has 0 atom stereocenters. The van der Waals surface area contributed by atoms with Crippen LogP contribution in [-0.2, 0) is 16.4 Å². The summed E-state index contributed by atoms with van der Waals surface area (Å²) in [7, 11) is -3.91. The molecule has 3 rings (SSSR count). The van der Waals surface area contributed by atoms with Crippen LogP contribution in [0.2, 0.25) is 0 Å². The van der Waals surface area contributed by atoms with Gasteiger partial charge in [0.15, 0.2) is 5.13 Å². The zero-order valence-corrected chi connectivity index (χ0v) is 16.5. The number of amides is 1. The minimum Gasteiger partial charge on any atom is -0.298 e. The molecule has 0 radical (unpaired) electrons. The quantitative estimate of drug-likeness (QED) is 0.685. The van der Waals surface area contributed by atoms with Crippen molar-refractivity contribution < 1.29 is 13.2 Å². The van der Waals surface area contributed by atoms with Crippen LogP contribution >= 0.6 is 11.3 Å². The highest BCUT2D eigenvalue weighted by Gasteiger charge is 2.18. The van der Waals surface area contributed by atoms with E-state index in [9.17, 15) is 13.2 Å². The van der Waals surface area contributed by atoms with Crippen LogP contribution in [0.15, 0.2) is 53.6 Å². The summed E-state index contributed by atoms with van der Waals surface area (Å²) in [4.78, 5) is 17.7. The fourth-order valence-electron chi connectivity index (χ4n) is 2.67. The van der Waals surface area contributed by atoms with E-state index >= 15 is 0 Å². The summed E-state index contributed by atoms with van der Waals surface area (Å²) < 4.78 is 23.5. The third kappa shape index (κ3) is 4.60. The normalized spacial score (nSPS) is 11.4. The van der Waals surface area contributed by atoms with E-state index in [1.807, 2.05) is 30.3 Å². The van der Waals surface area contributed by atoms with Gasteiger partial charge in [-0.3, -0.25) is 10.1 Å². The first-order valence-electron chi connectivity index (χ1n) is 8.18. The number of sulfonamides is 1. The van der Waals surface area contributed by atoms with Gasteiger partial charge in [0.2, 0.25) is 10.0 Å². The molecule has 0 aliphatic rings. The Bertz CT molecular complexity index is 1090. The van der Waals surface area contributed by atoms with E-state index in [4.69, 9.17) is 5.14 Å². The molecular weight excluding hydrogens is 382 g/mol. The minimum absolute atomic E-state index is 0.0449. The van der Waals surface area contributed by atoms with Gasteiger partial charge in [-0.15, -0.1) is 11.3 Å². The van der Waals surface area contributed by atoms with Gasteiger partial charge in [0.05, 0.1) is 4.90 Å². The summed E-state index contributed by atoms with van der Waals surface area (Å²) >= 11 is 1.38. The van der Waals surface area contributed by atoms with E-state index in [1.54, 1.807) is 26.1 Å². The van der Waals surface area contributed by atoms with Crippen LogP contribution in [-0.4, -0.2) is 19.3 Å². The molecule has 0 aliphatic heterocycles. The summed E-state index contributed by atoms with van der Waals surface area (Å²) in [5.41, 5.74) is 2.59. The Morgan fingerprint density at radius 3 is 2.56 bits per heavy atom. The predicted molar refractivity (Wildman–Crippen MR) is 107 cm³/mol. The lowest BCUT2D eigenvalue weighted by atomic mass is 10.1. The Balaban J connectivity index is 1.79. The Morgan fingerprint density at radius 2 is 1.89 bits per heavy atom. The van der Waals surface area contributed by atoms with Gasteiger partial charge in [0.25, 0.3) is 5.91 Å². The van der Waals surface area contributed by atoms with Gasteiger partial charge in [0.1, 0.15) is 0 Å². The first-order valence-corrected chi connectivity index (χ1v) is 10.5. The van der Waals surface area contributed by atoms with Crippen molar-refractivity contribution in [2.24, 2.45) is 5.14 Å². The molecule has 8 heteroatoms. The van der Waals surface area contributed by atoms with Gasteiger partial charge >= 0.3 is 0 Å². The number of carbonyl (C=O) groups excluding carboxylic acids is 1. The van der Waals surface area contributed by atoms with Gasteiger partial charge in [-0.1, -0.05) is 30.3 Å². The largest absolute Gasteiger partial charge is 0.298 e. The third-order valence-electron chi connectivity index (χ3n) is 4.18. The average molecular weight is 402 g/mol. The van der Waals surface area contributed by atoms with Crippen molar-refractivity contribution in [2.75, 3.05) is 5.32 Å². The van der Waals surface area contributed by atoms with Crippen LogP contribution in [0.3, 0.4) is 0 Å². The molecule has 140 valence electrons. The molecule has 3 aromatic rings. The molecule has 0 spiro atoms. The number of primary sulfonamides is 1. The van der Waals surface area contributed by atoms with Gasteiger partial charge in [-0.05, 0) is 42.7 Å². The van der Waals surface area contributed by atoms with Crippen LogP contribution in [0.1, 0.15) is 31.9 Å². The third-order valence-corrected chi connectivity index (χ3v) is 6.13. The molecular formula is C19H19N3O3S2. The van der Waals surface area contributed by atoms with E-state index in [-0.39, 0.29) is 10.5 Å². The highest BCUT2D eigenvalue weighted by atomic mass is 32.2. The first kappa shape index (κ1) is 19.2. The summed E-state index contributed by atoms with van der Waals surface area (Å²) in [5.74, 6) is -0.427. The van der Waals surface area contributed by atoms with Crippen molar-refractivity contribution in [1.29, 1.82) is 0 Å². The van der Waals surface area contributed by atoms with Crippen LogP contribution in [0, 0.1) is 13.8 Å². The Hall–Kier alpha value is -2.55.